The van der Waals surface area contributed by atoms with E-state index in [9.17, 15) is 14.4 Å². The Morgan fingerprint density at radius 3 is 2.54 bits per heavy atom. The second-order valence-corrected chi connectivity index (χ2v) is 10.5. The minimum Gasteiger partial charge on any atom is -0.460 e. The first-order valence-corrected chi connectivity index (χ1v) is 12.8. The fraction of sp³-hybridized carbons (Fsp3) is 0.464. The number of aromatic nitrogens is 3. The molecule has 1 fully saturated rings. The standard InChI is InChI=1S/C28H35N5O4/c1-28(2,3)37-24(34)15-17-33-23-14-13-20(32(4)26(36)19-10-6-5-7-11-19)18-22(23)30-27(33)31-25(35)21-12-8-9-16-29-21/h8-9,12-14,16,18-19H,5-7,10-11,15,17H2,1-4H3,(H,30,31,35). The number of amides is 2. The zero-order valence-corrected chi connectivity index (χ0v) is 22.0. The maximum Gasteiger partial charge on any atom is 0.308 e. The second kappa shape index (κ2) is 11.1. The summed E-state index contributed by atoms with van der Waals surface area (Å²) >= 11 is 0. The van der Waals surface area contributed by atoms with E-state index in [0.717, 1.165) is 36.9 Å². The summed E-state index contributed by atoms with van der Waals surface area (Å²) in [6, 6.07) is 10.7. The number of pyridine rings is 1. The average Bonchev–Trinajstić information content (AvgIpc) is 3.22. The minimum atomic E-state index is -0.589. The minimum absolute atomic E-state index is 0.0501. The highest BCUT2D eigenvalue weighted by molar-refractivity contribution is 6.03. The van der Waals surface area contributed by atoms with Crippen LogP contribution in [-0.2, 0) is 20.9 Å². The Morgan fingerprint density at radius 1 is 1.11 bits per heavy atom. The van der Waals surface area contributed by atoms with Gasteiger partial charge in [-0.3, -0.25) is 24.7 Å². The van der Waals surface area contributed by atoms with Gasteiger partial charge in [-0.15, -0.1) is 0 Å². The van der Waals surface area contributed by atoms with Crippen molar-refractivity contribution in [3.8, 4) is 0 Å². The molecule has 1 aromatic carbocycles. The topological polar surface area (TPSA) is 106 Å². The van der Waals surface area contributed by atoms with E-state index < -0.39 is 11.5 Å². The van der Waals surface area contributed by atoms with Gasteiger partial charge in [0.15, 0.2) is 0 Å². The SMILES string of the molecule is CN(C(=O)C1CCCCC1)c1ccc2c(c1)nc(NC(=O)c1ccccn1)n2CCC(=O)OC(C)(C)C. The van der Waals surface area contributed by atoms with Gasteiger partial charge in [0, 0.05) is 31.4 Å². The number of carbonyl (C=O) groups is 3. The van der Waals surface area contributed by atoms with Crippen molar-refractivity contribution in [2.45, 2.75) is 71.4 Å². The molecular formula is C28H35N5O4. The molecule has 0 unspecified atom stereocenters. The Balaban J connectivity index is 1.62. The summed E-state index contributed by atoms with van der Waals surface area (Å²) < 4.78 is 7.24. The van der Waals surface area contributed by atoms with Crippen LogP contribution in [-0.4, -0.2) is 45.0 Å². The third kappa shape index (κ3) is 6.53. The van der Waals surface area contributed by atoms with Gasteiger partial charge in [-0.1, -0.05) is 25.3 Å². The van der Waals surface area contributed by atoms with Crippen LogP contribution < -0.4 is 10.2 Å². The summed E-state index contributed by atoms with van der Waals surface area (Å²) in [5.74, 6) is -0.279. The van der Waals surface area contributed by atoms with Gasteiger partial charge < -0.3 is 14.2 Å². The summed E-state index contributed by atoms with van der Waals surface area (Å²) in [5.41, 5.74) is 1.76. The third-order valence-electron chi connectivity index (χ3n) is 6.49. The normalized spacial score (nSPS) is 14.4. The lowest BCUT2D eigenvalue weighted by atomic mass is 9.88. The summed E-state index contributed by atoms with van der Waals surface area (Å²) in [6.45, 7) is 5.73. The van der Waals surface area contributed by atoms with Crippen molar-refractivity contribution in [2.75, 3.05) is 17.3 Å². The maximum absolute atomic E-state index is 13.1. The van der Waals surface area contributed by atoms with Gasteiger partial charge in [0.1, 0.15) is 11.3 Å². The first-order chi connectivity index (χ1) is 17.6. The molecule has 3 aromatic rings. The molecule has 1 aliphatic rings. The largest absolute Gasteiger partial charge is 0.460 e. The highest BCUT2D eigenvalue weighted by Crippen LogP contribution is 2.29. The molecule has 0 saturated heterocycles. The quantitative estimate of drug-likeness (QED) is 0.455. The first kappa shape index (κ1) is 26.3. The van der Waals surface area contributed by atoms with Gasteiger partial charge in [0.25, 0.3) is 5.91 Å². The number of imidazole rings is 1. The Morgan fingerprint density at radius 2 is 1.86 bits per heavy atom. The van der Waals surface area contributed by atoms with Gasteiger partial charge in [-0.2, -0.15) is 0 Å². The predicted octanol–water partition coefficient (Wildman–Crippen LogP) is 4.96. The summed E-state index contributed by atoms with van der Waals surface area (Å²) in [6.07, 6.45) is 6.87. The van der Waals surface area contributed by atoms with E-state index >= 15 is 0 Å². The Labute approximate surface area is 217 Å². The number of anilines is 2. The van der Waals surface area contributed by atoms with Gasteiger partial charge in [0.05, 0.1) is 17.5 Å². The van der Waals surface area contributed by atoms with Crippen molar-refractivity contribution in [1.82, 2.24) is 14.5 Å². The van der Waals surface area contributed by atoms with Gasteiger partial charge >= 0.3 is 5.97 Å². The fourth-order valence-electron chi connectivity index (χ4n) is 4.66. The van der Waals surface area contributed by atoms with Crippen molar-refractivity contribution in [1.29, 1.82) is 0 Å². The molecule has 0 atom stereocenters. The van der Waals surface area contributed by atoms with E-state index in [-0.39, 0.29) is 36.5 Å². The molecule has 0 radical (unpaired) electrons. The van der Waals surface area contributed by atoms with E-state index in [0.29, 0.717) is 11.5 Å². The summed E-state index contributed by atoms with van der Waals surface area (Å²) in [7, 11) is 1.79. The second-order valence-electron chi connectivity index (χ2n) is 10.5. The monoisotopic (exact) mass is 505 g/mol. The number of aryl methyl sites for hydroxylation is 1. The number of benzene rings is 1. The molecule has 2 amide bonds. The first-order valence-electron chi connectivity index (χ1n) is 12.8. The van der Waals surface area contributed by atoms with Crippen LogP contribution in [0.4, 0.5) is 11.6 Å². The lowest BCUT2D eigenvalue weighted by Crippen LogP contribution is -2.33. The number of nitrogens with zero attached hydrogens (tertiary/aromatic N) is 4. The van der Waals surface area contributed by atoms with Crippen LogP contribution in [0.15, 0.2) is 42.6 Å². The molecular weight excluding hydrogens is 470 g/mol. The number of hydrogen-bond acceptors (Lipinski definition) is 6. The maximum atomic E-state index is 13.1. The van der Waals surface area contributed by atoms with Crippen molar-refractivity contribution in [3.05, 3.63) is 48.3 Å². The van der Waals surface area contributed by atoms with Crippen molar-refractivity contribution in [2.24, 2.45) is 5.92 Å². The van der Waals surface area contributed by atoms with Crippen LogP contribution in [0.5, 0.6) is 0 Å². The van der Waals surface area contributed by atoms with E-state index in [4.69, 9.17) is 4.74 Å². The molecule has 0 spiro atoms. The zero-order chi connectivity index (χ0) is 26.6. The number of hydrogen-bond donors (Lipinski definition) is 1. The van der Waals surface area contributed by atoms with Crippen molar-refractivity contribution < 1.29 is 19.1 Å². The molecule has 37 heavy (non-hydrogen) atoms. The highest BCUT2D eigenvalue weighted by atomic mass is 16.6. The molecule has 4 rings (SSSR count). The zero-order valence-electron chi connectivity index (χ0n) is 22.0. The molecule has 9 nitrogen and oxygen atoms in total. The number of nitrogens with one attached hydrogen (secondary N) is 1. The fourth-order valence-corrected chi connectivity index (χ4v) is 4.66. The van der Waals surface area contributed by atoms with Crippen molar-refractivity contribution in [3.63, 3.8) is 0 Å². The molecule has 2 heterocycles. The molecule has 0 bridgehead atoms. The summed E-state index contributed by atoms with van der Waals surface area (Å²) in [4.78, 5) is 48.8. The molecule has 0 aliphatic heterocycles. The predicted molar refractivity (Wildman–Crippen MR) is 142 cm³/mol. The van der Waals surface area contributed by atoms with Crippen LogP contribution >= 0.6 is 0 Å². The molecule has 196 valence electrons. The van der Waals surface area contributed by atoms with E-state index in [1.165, 1.54) is 6.42 Å². The average molecular weight is 506 g/mol. The van der Waals surface area contributed by atoms with Gasteiger partial charge in [-0.05, 0) is 63.9 Å². The number of ether oxygens (including phenoxy) is 1. The van der Waals surface area contributed by atoms with Gasteiger partial charge in [0.2, 0.25) is 11.9 Å². The molecule has 1 saturated carbocycles. The van der Waals surface area contributed by atoms with E-state index in [1.807, 2.05) is 39.0 Å². The number of carbonyl (C=O) groups excluding carboxylic acids is 3. The molecule has 9 heteroatoms. The van der Waals surface area contributed by atoms with Crippen molar-refractivity contribution >= 4 is 40.5 Å². The van der Waals surface area contributed by atoms with Crippen LogP contribution in [0.3, 0.4) is 0 Å². The molecule has 1 aliphatic carbocycles. The Hall–Kier alpha value is -3.75. The number of esters is 1. The molecule has 1 N–H and O–H groups in total. The number of fused-ring (bicyclic) bond motifs is 1. The van der Waals surface area contributed by atoms with Crippen LogP contribution in [0.1, 0.15) is 69.8 Å². The van der Waals surface area contributed by atoms with Gasteiger partial charge in [-0.25, -0.2) is 4.98 Å². The van der Waals surface area contributed by atoms with E-state index in [1.54, 1.807) is 40.9 Å². The summed E-state index contributed by atoms with van der Waals surface area (Å²) in [5, 5.41) is 2.83. The third-order valence-corrected chi connectivity index (χ3v) is 6.49. The van der Waals surface area contributed by atoms with Crippen LogP contribution in [0.25, 0.3) is 11.0 Å². The Kier molecular flexibility index (Phi) is 7.90. The molecule has 2 aromatic heterocycles. The van der Waals surface area contributed by atoms with E-state index in [2.05, 4.69) is 15.3 Å². The number of rotatable bonds is 7. The Bertz CT molecular complexity index is 1270. The highest BCUT2D eigenvalue weighted by Gasteiger charge is 2.26. The van der Waals surface area contributed by atoms with Crippen LogP contribution in [0.2, 0.25) is 0 Å². The smallest absolute Gasteiger partial charge is 0.308 e. The lowest BCUT2D eigenvalue weighted by Gasteiger charge is -2.26. The van der Waals surface area contributed by atoms with Crippen LogP contribution in [0, 0.1) is 5.92 Å². The lowest BCUT2D eigenvalue weighted by molar-refractivity contribution is -0.155.